The van der Waals surface area contributed by atoms with Crippen LogP contribution in [-0.2, 0) is 11.3 Å². The Hall–Kier alpha value is -2.18. The molecule has 0 spiro atoms. The van der Waals surface area contributed by atoms with Gasteiger partial charge in [0.1, 0.15) is 30.2 Å². The van der Waals surface area contributed by atoms with Gasteiger partial charge in [-0.3, -0.25) is 4.79 Å². The molecule has 18 heavy (non-hydrogen) atoms. The lowest BCUT2D eigenvalue weighted by atomic mass is 10.3. The number of hydrogen-bond donors (Lipinski definition) is 0. The van der Waals surface area contributed by atoms with Crippen LogP contribution < -0.4 is 0 Å². The first-order valence-electron chi connectivity index (χ1n) is 5.59. The van der Waals surface area contributed by atoms with Gasteiger partial charge < -0.3 is 9.42 Å². The maximum Gasteiger partial charge on any atom is 0.247 e. The summed E-state index contributed by atoms with van der Waals surface area (Å²) in [6.07, 6.45) is 2.93. The summed E-state index contributed by atoms with van der Waals surface area (Å²) in [5, 5.41) is 7.81. The molecule has 2 heterocycles. The van der Waals surface area contributed by atoms with Crippen LogP contribution >= 0.6 is 0 Å². The lowest BCUT2D eigenvalue weighted by Gasteiger charge is -2.20. The molecule has 0 saturated heterocycles. The maximum absolute atomic E-state index is 12.1. The molecule has 2 rings (SSSR count). The maximum atomic E-state index is 12.1. The van der Waals surface area contributed by atoms with Gasteiger partial charge in [0.25, 0.3) is 0 Å². The molecule has 0 aromatic carbocycles. The summed E-state index contributed by atoms with van der Waals surface area (Å²) in [7, 11) is 1.72. The van der Waals surface area contributed by atoms with Crippen LogP contribution in [0, 0.1) is 6.92 Å². The third kappa shape index (κ3) is 2.55. The molecule has 2 aromatic heterocycles. The highest BCUT2D eigenvalue weighted by molar-refractivity contribution is 5.79. The molecular weight excluding hydrogens is 234 g/mol. The summed E-state index contributed by atoms with van der Waals surface area (Å²) in [6, 6.07) is 1.43. The lowest BCUT2D eigenvalue weighted by molar-refractivity contribution is -0.133. The van der Waals surface area contributed by atoms with Crippen LogP contribution in [0.1, 0.15) is 24.4 Å². The van der Waals surface area contributed by atoms with Crippen LogP contribution in [0.25, 0.3) is 0 Å². The Morgan fingerprint density at radius 2 is 2.39 bits per heavy atom. The van der Waals surface area contributed by atoms with Crippen molar-refractivity contribution in [3.8, 4) is 0 Å². The molecular formula is C11H15N5O2. The number of amides is 1. The number of nitrogens with zero attached hydrogens (tertiary/aromatic N) is 5. The molecule has 1 amide bonds. The van der Waals surface area contributed by atoms with E-state index in [2.05, 4.69) is 15.2 Å². The predicted octanol–water partition coefficient (Wildman–Crippen LogP) is 0.794. The van der Waals surface area contributed by atoms with Gasteiger partial charge >= 0.3 is 0 Å². The molecule has 0 aliphatic rings. The van der Waals surface area contributed by atoms with Gasteiger partial charge in [0.2, 0.25) is 5.91 Å². The molecule has 0 saturated carbocycles. The fraction of sp³-hybridized carbons (Fsp3) is 0.455. The normalized spacial score (nSPS) is 12.4. The topological polar surface area (TPSA) is 77.1 Å². The van der Waals surface area contributed by atoms with Crippen molar-refractivity contribution in [3.05, 3.63) is 30.2 Å². The smallest absolute Gasteiger partial charge is 0.247 e. The Balaban J connectivity index is 2.00. The average molecular weight is 249 g/mol. The van der Waals surface area contributed by atoms with E-state index in [9.17, 15) is 4.79 Å². The standard InChI is InChI=1S/C11H15N5O2/c1-8-4-10(14-18-8)5-15(3)11(17)9(2)16-7-12-6-13-16/h4,6-7,9H,5H2,1-3H3/t9-/m1/s1. The van der Waals surface area contributed by atoms with Crippen LogP contribution in [-0.4, -0.2) is 37.8 Å². The summed E-state index contributed by atoms with van der Waals surface area (Å²) in [4.78, 5) is 17.5. The number of carbonyl (C=O) groups is 1. The van der Waals surface area contributed by atoms with E-state index in [4.69, 9.17) is 4.52 Å². The van der Waals surface area contributed by atoms with E-state index in [0.29, 0.717) is 6.54 Å². The van der Waals surface area contributed by atoms with E-state index in [1.165, 1.54) is 17.3 Å². The van der Waals surface area contributed by atoms with Crippen molar-refractivity contribution >= 4 is 5.91 Å². The largest absolute Gasteiger partial charge is 0.361 e. The summed E-state index contributed by atoms with van der Waals surface area (Å²) in [6.45, 7) is 4.01. The SMILES string of the molecule is Cc1cc(CN(C)C(=O)[C@@H](C)n2cncn2)no1. The van der Waals surface area contributed by atoms with Gasteiger partial charge in [-0.25, -0.2) is 9.67 Å². The highest BCUT2D eigenvalue weighted by Crippen LogP contribution is 2.10. The highest BCUT2D eigenvalue weighted by Gasteiger charge is 2.20. The van der Waals surface area contributed by atoms with Gasteiger partial charge in [0, 0.05) is 13.1 Å². The van der Waals surface area contributed by atoms with E-state index in [1.807, 2.05) is 13.0 Å². The highest BCUT2D eigenvalue weighted by atomic mass is 16.5. The molecule has 2 aromatic rings. The number of aromatic nitrogens is 4. The molecule has 0 aliphatic carbocycles. The Kier molecular flexibility index (Phi) is 3.40. The number of likely N-dealkylation sites (N-methyl/N-ethyl adjacent to an activating group) is 1. The van der Waals surface area contributed by atoms with Crippen LogP contribution in [0.2, 0.25) is 0 Å². The molecule has 0 fully saturated rings. The second kappa shape index (κ2) is 4.99. The van der Waals surface area contributed by atoms with Gasteiger partial charge in [-0.2, -0.15) is 5.10 Å². The first-order chi connectivity index (χ1) is 8.58. The Morgan fingerprint density at radius 1 is 1.61 bits per heavy atom. The molecule has 0 bridgehead atoms. The van der Waals surface area contributed by atoms with Crippen molar-refractivity contribution < 1.29 is 9.32 Å². The van der Waals surface area contributed by atoms with Crippen molar-refractivity contribution in [3.63, 3.8) is 0 Å². The van der Waals surface area contributed by atoms with E-state index in [0.717, 1.165) is 11.5 Å². The first-order valence-corrected chi connectivity index (χ1v) is 5.59. The van der Waals surface area contributed by atoms with Crippen LogP contribution in [0.5, 0.6) is 0 Å². The van der Waals surface area contributed by atoms with Gasteiger partial charge in [0.15, 0.2) is 0 Å². The summed E-state index contributed by atoms with van der Waals surface area (Å²) in [5.74, 6) is 0.677. The second-order valence-electron chi connectivity index (χ2n) is 4.17. The van der Waals surface area contributed by atoms with Gasteiger partial charge in [0.05, 0.1) is 6.54 Å². The zero-order valence-electron chi connectivity index (χ0n) is 10.6. The number of aryl methyl sites for hydroxylation is 1. The lowest BCUT2D eigenvalue weighted by Crippen LogP contribution is -2.33. The van der Waals surface area contributed by atoms with E-state index in [1.54, 1.807) is 18.9 Å². The van der Waals surface area contributed by atoms with Crippen LogP contribution in [0.3, 0.4) is 0 Å². The average Bonchev–Trinajstić information content (AvgIpc) is 2.98. The van der Waals surface area contributed by atoms with Gasteiger partial charge in [-0.15, -0.1) is 0 Å². The quantitative estimate of drug-likeness (QED) is 0.800. The predicted molar refractivity (Wildman–Crippen MR) is 62.4 cm³/mol. The number of carbonyl (C=O) groups excluding carboxylic acids is 1. The Bertz CT molecular complexity index is 519. The monoisotopic (exact) mass is 249 g/mol. The number of rotatable bonds is 4. The van der Waals surface area contributed by atoms with E-state index >= 15 is 0 Å². The minimum Gasteiger partial charge on any atom is -0.361 e. The zero-order chi connectivity index (χ0) is 13.1. The molecule has 7 nitrogen and oxygen atoms in total. The number of hydrogen-bond acceptors (Lipinski definition) is 5. The molecule has 0 unspecified atom stereocenters. The fourth-order valence-corrected chi connectivity index (χ4v) is 1.66. The molecule has 7 heteroatoms. The molecule has 0 aliphatic heterocycles. The third-order valence-corrected chi connectivity index (χ3v) is 2.64. The molecule has 0 radical (unpaired) electrons. The zero-order valence-corrected chi connectivity index (χ0v) is 10.6. The first kappa shape index (κ1) is 12.3. The third-order valence-electron chi connectivity index (χ3n) is 2.64. The van der Waals surface area contributed by atoms with Crippen molar-refractivity contribution in [2.75, 3.05) is 7.05 Å². The van der Waals surface area contributed by atoms with Gasteiger partial charge in [-0.05, 0) is 13.8 Å². The van der Waals surface area contributed by atoms with Crippen molar-refractivity contribution in [1.29, 1.82) is 0 Å². The summed E-state index contributed by atoms with van der Waals surface area (Å²) >= 11 is 0. The van der Waals surface area contributed by atoms with Crippen molar-refractivity contribution in [1.82, 2.24) is 24.8 Å². The van der Waals surface area contributed by atoms with Gasteiger partial charge in [-0.1, -0.05) is 5.16 Å². The van der Waals surface area contributed by atoms with E-state index in [-0.39, 0.29) is 11.9 Å². The molecule has 0 N–H and O–H groups in total. The summed E-state index contributed by atoms with van der Waals surface area (Å²) < 4.78 is 6.48. The van der Waals surface area contributed by atoms with Crippen molar-refractivity contribution in [2.45, 2.75) is 26.4 Å². The van der Waals surface area contributed by atoms with Crippen LogP contribution in [0.15, 0.2) is 23.2 Å². The second-order valence-corrected chi connectivity index (χ2v) is 4.17. The fourth-order valence-electron chi connectivity index (χ4n) is 1.66. The van der Waals surface area contributed by atoms with E-state index < -0.39 is 0 Å². The minimum atomic E-state index is -0.384. The minimum absolute atomic E-state index is 0.0545. The van der Waals surface area contributed by atoms with Crippen LogP contribution in [0.4, 0.5) is 0 Å². The van der Waals surface area contributed by atoms with Crippen molar-refractivity contribution in [2.24, 2.45) is 0 Å². The summed E-state index contributed by atoms with van der Waals surface area (Å²) in [5.41, 5.74) is 0.731. The Labute approximate surface area is 104 Å². The Morgan fingerprint density at radius 3 is 2.94 bits per heavy atom. The molecule has 96 valence electrons. The molecule has 1 atom stereocenters.